The molecule has 0 saturated heterocycles. The summed E-state index contributed by atoms with van der Waals surface area (Å²) < 4.78 is 11.8. The minimum Gasteiger partial charge on any atom is -0.495 e. The molecule has 34 heavy (non-hydrogen) atoms. The number of amides is 1. The first-order chi connectivity index (χ1) is 16.3. The van der Waals surface area contributed by atoms with Crippen LogP contribution in [-0.4, -0.2) is 45.6 Å². The number of ether oxygens (including phenoxy) is 2. The van der Waals surface area contributed by atoms with Crippen LogP contribution in [0, 0.1) is 0 Å². The fourth-order valence-electron chi connectivity index (χ4n) is 3.12. The number of halogens is 3. The Morgan fingerprint density at radius 3 is 2.59 bits per heavy atom. The summed E-state index contributed by atoms with van der Waals surface area (Å²) in [4.78, 5) is 30.4. The van der Waals surface area contributed by atoms with Crippen molar-refractivity contribution in [1.29, 1.82) is 0 Å². The molecule has 0 saturated carbocycles. The first-order valence-electron chi connectivity index (χ1n) is 9.58. The molecule has 4 rings (SSSR count). The lowest BCUT2D eigenvalue weighted by molar-refractivity contribution is -0.113. The number of carbonyl (C=O) groups is 1. The van der Waals surface area contributed by atoms with E-state index in [1.807, 2.05) is 0 Å². The molecule has 0 aliphatic heterocycles. The Kier molecular flexibility index (Phi) is 7.22. The van der Waals surface area contributed by atoms with Crippen LogP contribution in [0.2, 0.25) is 15.1 Å². The molecule has 9 nitrogen and oxygen atoms in total. The molecule has 176 valence electrons. The summed E-state index contributed by atoms with van der Waals surface area (Å²) in [5.41, 5.74) is 0.638. The normalized spacial score (nSPS) is 11.0. The van der Waals surface area contributed by atoms with E-state index in [-0.39, 0.29) is 32.9 Å². The van der Waals surface area contributed by atoms with Crippen LogP contribution in [-0.2, 0) is 4.79 Å². The lowest BCUT2D eigenvalue weighted by Crippen LogP contribution is -2.23. The van der Waals surface area contributed by atoms with Gasteiger partial charge in [-0.25, -0.2) is 4.98 Å². The van der Waals surface area contributed by atoms with Crippen LogP contribution in [0.4, 0.5) is 5.69 Å². The number of fused-ring (bicyclic) bond motifs is 1. The molecule has 0 radical (unpaired) electrons. The number of carbonyl (C=O) groups excluding carboxylic acids is 1. The first-order valence-corrected chi connectivity index (χ1v) is 11.7. The van der Waals surface area contributed by atoms with E-state index in [0.717, 1.165) is 11.8 Å². The van der Waals surface area contributed by atoms with Gasteiger partial charge in [-0.3, -0.25) is 19.3 Å². The molecule has 0 unspecified atom stereocenters. The SMILES string of the molecule is COc1cc(OC)c(NC(=O)CSc2nc3[nH]ncc3c(=O)n2-c2ccc(Cl)cc2Cl)cc1Cl. The van der Waals surface area contributed by atoms with Crippen LogP contribution >= 0.6 is 46.6 Å². The van der Waals surface area contributed by atoms with Gasteiger partial charge in [0.05, 0.1) is 47.6 Å². The van der Waals surface area contributed by atoms with Crippen molar-refractivity contribution in [3.8, 4) is 17.2 Å². The average molecular weight is 541 g/mol. The van der Waals surface area contributed by atoms with Crippen molar-refractivity contribution in [1.82, 2.24) is 19.7 Å². The highest BCUT2D eigenvalue weighted by Crippen LogP contribution is 2.36. The molecule has 0 fully saturated rings. The topological polar surface area (TPSA) is 111 Å². The Bertz CT molecular complexity index is 1460. The summed E-state index contributed by atoms with van der Waals surface area (Å²) in [7, 11) is 2.94. The maximum Gasteiger partial charge on any atom is 0.269 e. The van der Waals surface area contributed by atoms with Crippen molar-refractivity contribution in [3.63, 3.8) is 0 Å². The summed E-state index contributed by atoms with van der Waals surface area (Å²) >= 11 is 19.6. The molecule has 2 N–H and O–H groups in total. The molecule has 4 aromatic rings. The Morgan fingerprint density at radius 1 is 1.12 bits per heavy atom. The van der Waals surface area contributed by atoms with Gasteiger partial charge < -0.3 is 14.8 Å². The van der Waals surface area contributed by atoms with Crippen LogP contribution in [0.1, 0.15) is 0 Å². The van der Waals surface area contributed by atoms with Crippen molar-refractivity contribution >= 4 is 69.2 Å². The minimum atomic E-state index is -0.394. The zero-order valence-corrected chi connectivity index (χ0v) is 20.8. The zero-order valence-electron chi connectivity index (χ0n) is 17.7. The van der Waals surface area contributed by atoms with E-state index < -0.39 is 5.56 Å². The number of aromatic amines is 1. The summed E-state index contributed by atoms with van der Waals surface area (Å²) in [6.45, 7) is 0. The average Bonchev–Trinajstić information content (AvgIpc) is 3.28. The number of nitrogens with zero attached hydrogens (tertiary/aromatic N) is 3. The number of anilines is 1. The predicted molar refractivity (Wildman–Crippen MR) is 133 cm³/mol. The third-order valence-corrected chi connectivity index (χ3v) is 6.45. The van der Waals surface area contributed by atoms with Gasteiger partial charge in [-0.05, 0) is 24.3 Å². The molecule has 0 aliphatic rings. The van der Waals surface area contributed by atoms with Gasteiger partial charge in [0.1, 0.15) is 16.9 Å². The summed E-state index contributed by atoms with van der Waals surface area (Å²) in [5, 5.41) is 10.8. The number of benzene rings is 2. The van der Waals surface area contributed by atoms with Gasteiger partial charge in [0.2, 0.25) is 5.91 Å². The van der Waals surface area contributed by atoms with E-state index in [1.54, 1.807) is 18.2 Å². The number of aromatic nitrogens is 4. The van der Waals surface area contributed by atoms with Crippen LogP contribution in [0.15, 0.2) is 46.5 Å². The largest absolute Gasteiger partial charge is 0.495 e. The van der Waals surface area contributed by atoms with E-state index in [0.29, 0.717) is 32.9 Å². The number of methoxy groups -OCH3 is 2. The van der Waals surface area contributed by atoms with Crippen molar-refractivity contribution in [2.45, 2.75) is 5.16 Å². The number of thioether (sulfide) groups is 1. The first kappa shape index (κ1) is 24.2. The second-order valence-electron chi connectivity index (χ2n) is 6.79. The quantitative estimate of drug-likeness (QED) is 0.255. The van der Waals surface area contributed by atoms with Gasteiger partial charge in [-0.15, -0.1) is 0 Å². The van der Waals surface area contributed by atoms with Gasteiger partial charge >= 0.3 is 0 Å². The smallest absolute Gasteiger partial charge is 0.269 e. The standard InChI is InChI=1S/C21H16Cl3N5O4S/c1-32-16-7-17(33-2)14(6-13(16)24)26-18(30)9-34-21-27-19-11(8-25-28-19)20(31)29(21)15-4-3-10(22)5-12(15)23/h3-8H,9H2,1-2H3,(H,25,28)(H,26,30). The van der Waals surface area contributed by atoms with E-state index in [9.17, 15) is 9.59 Å². The van der Waals surface area contributed by atoms with Gasteiger partial charge in [0.25, 0.3) is 5.56 Å². The van der Waals surface area contributed by atoms with Crippen LogP contribution in [0.3, 0.4) is 0 Å². The van der Waals surface area contributed by atoms with Gasteiger partial charge in [-0.1, -0.05) is 46.6 Å². The molecule has 2 heterocycles. The Labute approximate surface area is 212 Å². The summed E-state index contributed by atoms with van der Waals surface area (Å²) in [5.74, 6) is 0.329. The number of rotatable bonds is 7. The third kappa shape index (κ3) is 4.80. The molecule has 0 bridgehead atoms. The number of hydrogen-bond acceptors (Lipinski definition) is 7. The van der Waals surface area contributed by atoms with Gasteiger partial charge in [-0.2, -0.15) is 5.10 Å². The molecule has 13 heteroatoms. The predicted octanol–water partition coefficient (Wildman–Crippen LogP) is 4.82. The number of H-pyrrole nitrogens is 1. The maximum absolute atomic E-state index is 13.2. The highest BCUT2D eigenvalue weighted by atomic mass is 35.5. The van der Waals surface area contributed by atoms with Crippen LogP contribution < -0.4 is 20.3 Å². The highest BCUT2D eigenvalue weighted by molar-refractivity contribution is 7.99. The summed E-state index contributed by atoms with van der Waals surface area (Å²) in [6.07, 6.45) is 1.38. The molecule has 1 amide bonds. The number of nitrogens with one attached hydrogen (secondary N) is 2. The third-order valence-electron chi connectivity index (χ3n) is 4.68. The van der Waals surface area contributed by atoms with Crippen molar-refractivity contribution in [3.05, 3.63) is 62.0 Å². The fraction of sp³-hybridized carbons (Fsp3) is 0.143. The fourth-order valence-corrected chi connectivity index (χ4v) is 4.65. The molecule has 0 atom stereocenters. The van der Waals surface area contributed by atoms with Gasteiger partial charge in [0.15, 0.2) is 10.8 Å². The molecular formula is C21H16Cl3N5O4S. The zero-order chi connectivity index (χ0) is 24.4. The van der Waals surface area contributed by atoms with Gasteiger partial charge in [0, 0.05) is 11.1 Å². The Balaban J connectivity index is 1.65. The Morgan fingerprint density at radius 2 is 1.88 bits per heavy atom. The number of hydrogen-bond donors (Lipinski definition) is 2. The van der Waals surface area contributed by atoms with E-state index in [1.165, 1.54) is 37.1 Å². The molecule has 2 aromatic heterocycles. The molecular weight excluding hydrogens is 525 g/mol. The lowest BCUT2D eigenvalue weighted by atomic mass is 10.2. The van der Waals surface area contributed by atoms with Crippen LogP contribution in [0.5, 0.6) is 11.5 Å². The van der Waals surface area contributed by atoms with Crippen molar-refractivity contribution in [2.24, 2.45) is 0 Å². The maximum atomic E-state index is 13.2. The highest BCUT2D eigenvalue weighted by Gasteiger charge is 2.19. The van der Waals surface area contributed by atoms with Crippen molar-refractivity contribution in [2.75, 3.05) is 25.3 Å². The monoisotopic (exact) mass is 539 g/mol. The van der Waals surface area contributed by atoms with Crippen LogP contribution in [0.25, 0.3) is 16.7 Å². The minimum absolute atomic E-state index is 0.0793. The summed E-state index contributed by atoms with van der Waals surface area (Å²) in [6, 6.07) is 7.83. The second-order valence-corrected chi connectivity index (χ2v) is 8.98. The Hall–Kier alpha value is -2.92. The second kappa shape index (κ2) is 10.1. The van der Waals surface area contributed by atoms with E-state index >= 15 is 0 Å². The van der Waals surface area contributed by atoms with E-state index in [2.05, 4.69) is 20.5 Å². The molecule has 0 aliphatic carbocycles. The molecule has 2 aromatic carbocycles. The van der Waals surface area contributed by atoms with E-state index in [4.69, 9.17) is 44.3 Å². The molecule has 0 spiro atoms. The van der Waals surface area contributed by atoms with Crippen molar-refractivity contribution < 1.29 is 14.3 Å². The lowest BCUT2D eigenvalue weighted by Gasteiger charge is -2.14.